The first-order valence-electron chi connectivity index (χ1n) is 9.30. The van der Waals surface area contributed by atoms with Crippen LogP contribution in [0.15, 0.2) is 48.0 Å². The Balaban J connectivity index is 1.87. The Morgan fingerprint density at radius 2 is 1.61 bits per heavy atom. The van der Waals surface area contributed by atoms with Crippen LogP contribution in [0.4, 0.5) is 5.69 Å². The van der Waals surface area contributed by atoms with Crippen molar-refractivity contribution in [1.82, 2.24) is 0 Å². The van der Waals surface area contributed by atoms with Gasteiger partial charge < -0.3 is 9.64 Å². The Hall–Kier alpha value is -3.14. The number of ketones is 2. The van der Waals surface area contributed by atoms with Crippen LogP contribution in [0.25, 0.3) is 11.6 Å². The zero-order valence-corrected chi connectivity index (χ0v) is 16.8. The molecule has 1 aliphatic heterocycles. The summed E-state index contributed by atoms with van der Waals surface area (Å²) >= 11 is 0. The molecule has 2 aliphatic rings. The smallest absolute Gasteiger partial charge is 0.197 e. The number of benzene rings is 2. The molecule has 0 fully saturated rings. The van der Waals surface area contributed by atoms with E-state index in [1.807, 2.05) is 12.1 Å². The van der Waals surface area contributed by atoms with E-state index in [-0.39, 0.29) is 22.7 Å². The molecule has 0 N–H and O–H groups in total. The summed E-state index contributed by atoms with van der Waals surface area (Å²) in [6.45, 7) is 6.41. The van der Waals surface area contributed by atoms with Gasteiger partial charge in [-0.3, -0.25) is 9.59 Å². The summed E-state index contributed by atoms with van der Waals surface area (Å²) in [5.41, 5.74) is 5.04. The number of Topliss-reactive ketones (excluding diaryl/α,β-unsaturated/α-hetero) is 2. The number of nitrogens with zero attached hydrogens (tertiary/aromatic N) is 1. The normalized spacial score (nSPS) is 17.2. The summed E-state index contributed by atoms with van der Waals surface area (Å²) < 4.78 is 5.61. The second-order valence-corrected chi connectivity index (χ2v) is 7.91. The third-order valence-corrected chi connectivity index (χ3v) is 5.77. The molecule has 0 spiro atoms. The van der Waals surface area contributed by atoms with E-state index in [0.29, 0.717) is 16.9 Å². The Bertz CT molecular complexity index is 1050. The standard InChI is InChI=1S/C24H23NO3/c1-14-13-24(2,3)25(4)20-12-21(28-5)15(10-18(14)20)11-19-22(26)16-8-6-7-9-17(16)23(19)27/h6-13H,1-5H3. The highest BCUT2D eigenvalue weighted by molar-refractivity contribution is 6.41. The molecule has 28 heavy (non-hydrogen) atoms. The van der Waals surface area contributed by atoms with Gasteiger partial charge in [0.25, 0.3) is 0 Å². The van der Waals surface area contributed by atoms with Gasteiger partial charge in [-0.1, -0.05) is 30.3 Å². The van der Waals surface area contributed by atoms with E-state index in [2.05, 4.69) is 38.8 Å². The number of allylic oxidation sites excluding steroid dienone is 2. The van der Waals surface area contributed by atoms with E-state index < -0.39 is 0 Å². The highest BCUT2D eigenvalue weighted by Gasteiger charge is 2.33. The van der Waals surface area contributed by atoms with Crippen molar-refractivity contribution in [3.63, 3.8) is 0 Å². The molecule has 0 saturated heterocycles. The van der Waals surface area contributed by atoms with Gasteiger partial charge >= 0.3 is 0 Å². The third-order valence-electron chi connectivity index (χ3n) is 5.77. The van der Waals surface area contributed by atoms with Crippen molar-refractivity contribution < 1.29 is 14.3 Å². The fourth-order valence-corrected chi connectivity index (χ4v) is 4.04. The van der Waals surface area contributed by atoms with Crippen LogP contribution in [-0.4, -0.2) is 31.3 Å². The van der Waals surface area contributed by atoms with Crippen molar-refractivity contribution in [1.29, 1.82) is 0 Å². The SMILES string of the molecule is COc1cc2c(cc1C=C1C(=O)c3ccccc3C1=O)C(C)=CC(C)(C)N2C. The average molecular weight is 373 g/mol. The largest absolute Gasteiger partial charge is 0.496 e. The Morgan fingerprint density at radius 1 is 1.00 bits per heavy atom. The number of hydrogen-bond acceptors (Lipinski definition) is 4. The van der Waals surface area contributed by atoms with Gasteiger partial charge in [0.2, 0.25) is 0 Å². The second kappa shape index (κ2) is 6.20. The highest BCUT2D eigenvalue weighted by atomic mass is 16.5. The first-order valence-corrected chi connectivity index (χ1v) is 9.30. The van der Waals surface area contributed by atoms with Crippen LogP contribution in [0.2, 0.25) is 0 Å². The zero-order chi connectivity index (χ0) is 20.2. The van der Waals surface area contributed by atoms with Gasteiger partial charge in [-0.05, 0) is 38.5 Å². The van der Waals surface area contributed by atoms with E-state index in [4.69, 9.17) is 4.74 Å². The molecular formula is C24H23NO3. The molecule has 2 aromatic carbocycles. The number of carbonyl (C=O) groups excluding carboxylic acids is 2. The maximum absolute atomic E-state index is 12.8. The summed E-state index contributed by atoms with van der Waals surface area (Å²) in [4.78, 5) is 27.7. The van der Waals surface area contributed by atoms with Crippen LogP contribution in [0, 0.1) is 0 Å². The van der Waals surface area contributed by atoms with Crippen molar-refractivity contribution in [2.75, 3.05) is 19.1 Å². The molecule has 0 saturated carbocycles. The average Bonchev–Trinajstić information content (AvgIpc) is 2.91. The number of rotatable bonds is 2. The second-order valence-electron chi connectivity index (χ2n) is 7.91. The van der Waals surface area contributed by atoms with Gasteiger partial charge in [-0.25, -0.2) is 0 Å². The van der Waals surface area contributed by atoms with Crippen molar-refractivity contribution in [3.8, 4) is 5.75 Å². The molecule has 4 heteroatoms. The fraction of sp³-hybridized carbons (Fsp3) is 0.250. The fourth-order valence-electron chi connectivity index (χ4n) is 4.04. The number of anilines is 1. The van der Waals surface area contributed by atoms with Crippen molar-refractivity contribution in [3.05, 3.63) is 70.3 Å². The van der Waals surface area contributed by atoms with Crippen LogP contribution in [0.5, 0.6) is 5.75 Å². The highest BCUT2D eigenvalue weighted by Crippen LogP contribution is 2.42. The molecule has 0 amide bonds. The van der Waals surface area contributed by atoms with Gasteiger partial charge in [0.1, 0.15) is 5.75 Å². The number of methoxy groups -OCH3 is 1. The lowest BCUT2D eigenvalue weighted by molar-refractivity contribution is 0.0990. The molecule has 142 valence electrons. The molecule has 1 aliphatic carbocycles. The number of likely N-dealkylation sites (N-methyl/N-ethyl adjacent to an activating group) is 1. The number of fused-ring (bicyclic) bond motifs is 2. The molecule has 4 nitrogen and oxygen atoms in total. The molecule has 0 aromatic heterocycles. The van der Waals surface area contributed by atoms with E-state index in [1.54, 1.807) is 37.5 Å². The molecule has 4 rings (SSSR count). The predicted octanol–water partition coefficient (Wildman–Crippen LogP) is 4.79. The lowest BCUT2D eigenvalue weighted by atomic mass is 9.88. The van der Waals surface area contributed by atoms with Crippen molar-refractivity contribution in [2.24, 2.45) is 0 Å². The molecular weight excluding hydrogens is 350 g/mol. The molecule has 0 atom stereocenters. The Labute approximate surface area is 165 Å². The van der Waals surface area contributed by atoms with E-state index in [0.717, 1.165) is 22.4 Å². The van der Waals surface area contributed by atoms with Crippen LogP contribution in [-0.2, 0) is 0 Å². The van der Waals surface area contributed by atoms with Crippen molar-refractivity contribution in [2.45, 2.75) is 26.3 Å². The van der Waals surface area contributed by atoms with Crippen LogP contribution in [0.1, 0.15) is 52.6 Å². The lowest BCUT2D eigenvalue weighted by Gasteiger charge is -2.41. The monoisotopic (exact) mass is 373 g/mol. The third kappa shape index (κ3) is 2.60. The maximum Gasteiger partial charge on any atom is 0.197 e. The summed E-state index contributed by atoms with van der Waals surface area (Å²) in [5.74, 6) is 0.178. The van der Waals surface area contributed by atoms with E-state index in [9.17, 15) is 9.59 Å². The van der Waals surface area contributed by atoms with Gasteiger partial charge in [0, 0.05) is 41.1 Å². The van der Waals surface area contributed by atoms with Gasteiger partial charge in [-0.15, -0.1) is 0 Å². The molecule has 2 aromatic rings. The van der Waals surface area contributed by atoms with Crippen molar-refractivity contribution >= 4 is 28.9 Å². The number of carbonyl (C=O) groups is 2. The minimum atomic E-state index is -0.231. The van der Waals surface area contributed by atoms with E-state index in [1.165, 1.54) is 0 Å². The quantitative estimate of drug-likeness (QED) is 0.561. The van der Waals surface area contributed by atoms with Crippen LogP contribution < -0.4 is 9.64 Å². The molecule has 1 heterocycles. The predicted molar refractivity (Wildman–Crippen MR) is 112 cm³/mol. The summed E-state index contributed by atoms with van der Waals surface area (Å²) in [6, 6.07) is 10.9. The minimum absolute atomic E-state index is 0.110. The van der Waals surface area contributed by atoms with E-state index >= 15 is 0 Å². The van der Waals surface area contributed by atoms with Gasteiger partial charge in [-0.2, -0.15) is 0 Å². The number of ether oxygens (including phenoxy) is 1. The molecule has 0 bridgehead atoms. The lowest BCUT2D eigenvalue weighted by Crippen LogP contribution is -2.42. The Morgan fingerprint density at radius 3 is 2.18 bits per heavy atom. The number of hydrogen-bond donors (Lipinski definition) is 0. The Kier molecular flexibility index (Phi) is 4.03. The zero-order valence-electron chi connectivity index (χ0n) is 16.8. The van der Waals surface area contributed by atoms with Gasteiger partial charge in [0.15, 0.2) is 11.6 Å². The minimum Gasteiger partial charge on any atom is -0.496 e. The molecule has 0 unspecified atom stereocenters. The summed E-state index contributed by atoms with van der Waals surface area (Å²) in [5, 5.41) is 0. The topological polar surface area (TPSA) is 46.6 Å². The van der Waals surface area contributed by atoms with Crippen LogP contribution in [0.3, 0.4) is 0 Å². The molecule has 0 radical (unpaired) electrons. The van der Waals surface area contributed by atoms with Gasteiger partial charge in [0.05, 0.1) is 18.2 Å². The maximum atomic E-state index is 12.8. The first kappa shape index (κ1) is 18.2. The summed E-state index contributed by atoms with van der Waals surface area (Å²) in [7, 11) is 3.66. The first-order chi connectivity index (χ1) is 13.2. The van der Waals surface area contributed by atoms with Crippen LogP contribution >= 0.6 is 0 Å². The summed E-state index contributed by atoms with van der Waals surface area (Å²) in [6.07, 6.45) is 3.89.